The van der Waals surface area contributed by atoms with Crippen molar-refractivity contribution in [2.24, 2.45) is 0 Å². The van der Waals surface area contributed by atoms with Crippen molar-refractivity contribution in [1.29, 1.82) is 5.26 Å². The van der Waals surface area contributed by atoms with Crippen molar-refractivity contribution in [3.63, 3.8) is 0 Å². The molecule has 0 aliphatic rings. The first-order chi connectivity index (χ1) is 15.2. The van der Waals surface area contributed by atoms with Crippen LogP contribution < -0.4 is 10.1 Å². The van der Waals surface area contributed by atoms with Crippen LogP contribution in [0.3, 0.4) is 0 Å². The smallest absolute Gasteiger partial charge is 0.408 e. The van der Waals surface area contributed by atoms with Gasteiger partial charge in [-0.05, 0) is 57.7 Å². The Kier molecular flexibility index (Phi) is 12.8. The summed E-state index contributed by atoms with van der Waals surface area (Å²) >= 11 is 0. The SMILES string of the molecule is CCCCCCCCCCOc1cccc(CCC(C#N)(CO)NC(=O)OC(C)(C)C)c1. The van der Waals surface area contributed by atoms with Crippen LogP contribution in [0.25, 0.3) is 0 Å². The van der Waals surface area contributed by atoms with E-state index in [1.807, 2.05) is 30.3 Å². The monoisotopic (exact) mass is 446 g/mol. The molecule has 32 heavy (non-hydrogen) atoms. The molecule has 0 bridgehead atoms. The summed E-state index contributed by atoms with van der Waals surface area (Å²) < 4.78 is 11.1. The number of carbonyl (C=O) groups is 1. The fourth-order valence-electron chi connectivity index (χ4n) is 3.37. The number of hydrogen-bond acceptors (Lipinski definition) is 5. The number of nitrogens with zero attached hydrogens (tertiary/aromatic N) is 1. The summed E-state index contributed by atoms with van der Waals surface area (Å²) in [6.45, 7) is 7.69. The lowest BCUT2D eigenvalue weighted by molar-refractivity contribution is 0.0438. The van der Waals surface area contributed by atoms with E-state index in [-0.39, 0.29) is 6.42 Å². The lowest BCUT2D eigenvalue weighted by atomic mass is 9.93. The van der Waals surface area contributed by atoms with E-state index in [2.05, 4.69) is 12.2 Å². The minimum atomic E-state index is -1.39. The van der Waals surface area contributed by atoms with E-state index in [4.69, 9.17) is 9.47 Å². The van der Waals surface area contributed by atoms with Crippen molar-refractivity contribution in [2.45, 2.75) is 103 Å². The number of benzene rings is 1. The van der Waals surface area contributed by atoms with Gasteiger partial charge in [0, 0.05) is 0 Å². The van der Waals surface area contributed by atoms with E-state index in [0.29, 0.717) is 13.0 Å². The Bertz CT molecular complexity index is 709. The number of ether oxygens (including phenoxy) is 2. The largest absolute Gasteiger partial charge is 0.494 e. The Morgan fingerprint density at radius 3 is 2.34 bits per heavy atom. The Hall–Kier alpha value is -2.26. The zero-order valence-corrected chi connectivity index (χ0v) is 20.4. The maximum absolute atomic E-state index is 12.1. The summed E-state index contributed by atoms with van der Waals surface area (Å²) in [4.78, 5) is 12.1. The molecule has 1 atom stereocenters. The molecule has 1 rings (SSSR count). The standard InChI is InChI=1S/C26H42N2O4/c1-5-6-7-8-9-10-11-12-18-31-23-15-13-14-22(19-23)16-17-26(20-27,21-29)28-24(30)32-25(2,3)4/h13-15,19,29H,5-12,16-18,21H2,1-4H3,(H,28,30). The molecule has 6 heteroatoms. The normalized spacial score (nSPS) is 13.1. The number of nitrogens with one attached hydrogen (secondary N) is 1. The summed E-state index contributed by atoms with van der Waals surface area (Å²) in [7, 11) is 0. The van der Waals surface area contributed by atoms with Gasteiger partial charge in [-0.1, -0.05) is 64.0 Å². The van der Waals surface area contributed by atoms with Crippen molar-refractivity contribution in [2.75, 3.05) is 13.2 Å². The van der Waals surface area contributed by atoms with Crippen molar-refractivity contribution < 1.29 is 19.4 Å². The minimum absolute atomic E-state index is 0.265. The number of rotatable bonds is 15. The third kappa shape index (κ3) is 12.0. The summed E-state index contributed by atoms with van der Waals surface area (Å²) in [5.74, 6) is 0.803. The number of hydrogen-bond donors (Lipinski definition) is 2. The average molecular weight is 447 g/mol. The topological polar surface area (TPSA) is 91.6 Å². The van der Waals surface area contributed by atoms with E-state index in [1.165, 1.54) is 44.9 Å². The number of aliphatic hydroxyl groups excluding tert-OH is 1. The van der Waals surface area contributed by atoms with Crippen LogP contribution in [0.15, 0.2) is 24.3 Å². The molecule has 6 nitrogen and oxygen atoms in total. The Labute approximate surface area is 194 Å². The molecule has 0 spiro atoms. The van der Waals surface area contributed by atoms with Gasteiger partial charge >= 0.3 is 6.09 Å². The van der Waals surface area contributed by atoms with Gasteiger partial charge in [-0.25, -0.2) is 4.79 Å². The highest BCUT2D eigenvalue weighted by Crippen LogP contribution is 2.20. The second kappa shape index (κ2) is 14.7. The highest BCUT2D eigenvalue weighted by atomic mass is 16.6. The zero-order chi connectivity index (χ0) is 23.9. The van der Waals surface area contributed by atoms with Crippen molar-refractivity contribution in [1.82, 2.24) is 5.32 Å². The van der Waals surface area contributed by atoms with Crippen molar-refractivity contribution in [3.05, 3.63) is 29.8 Å². The first kappa shape index (κ1) is 27.8. The highest BCUT2D eigenvalue weighted by molar-refractivity contribution is 5.69. The molecule has 1 unspecified atom stereocenters. The molecule has 0 fully saturated rings. The quantitative estimate of drug-likeness (QED) is 0.326. The lowest BCUT2D eigenvalue weighted by Gasteiger charge is -2.28. The number of nitriles is 1. The van der Waals surface area contributed by atoms with Gasteiger partial charge in [0.25, 0.3) is 0 Å². The maximum atomic E-state index is 12.1. The number of unbranched alkanes of at least 4 members (excludes halogenated alkanes) is 7. The molecule has 1 amide bonds. The third-order valence-electron chi connectivity index (χ3n) is 5.23. The van der Waals surface area contributed by atoms with Crippen LogP contribution in [0.5, 0.6) is 5.75 Å². The summed E-state index contributed by atoms with van der Waals surface area (Å²) in [6, 6.07) is 9.80. The van der Waals surface area contributed by atoms with Gasteiger partial charge in [0.15, 0.2) is 5.54 Å². The van der Waals surface area contributed by atoms with Crippen LogP contribution in [-0.2, 0) is 11.2 Å². The molecule has 1 aromatic rings. The van der Waals surface area contributed by atoms with Crippen LogP contribution in [0.2, 0.25) is 0 Å². The second-order valence-electron chi connectivity index (χ2n) is 9.45. The predicted octanol–water partition coefficient (Wildman–Crippen LogP) is 5.92. The molecular weight excluding hydrogens is 404 g/mol. The zero-order valence-electron chi connectivity index (χ0n) is 20.4. The van der Waals surface area contributed by atoms with Crippen molar-refractivity contribution in [3.8, 4) is 11.8 Å². The van der Waals surface area contributed by atoms with E-state index >= 15 is 0 Å². The molecule has 0 heterocycles. The molecule has 0 aliphatic heterocycles. The molecular formula is C26H42N2O4. The van der Waals surface area contributed by atoms with Gasteiger partial charge in [0.2, 0.25) is 0 Å². The van der Waals surface area contributed by atoms with Gasteiger partial charge in [-0.2, -0.15) is 5.26 Å². The second-order valence-corrected chi connectivity index (χ2v) is 9.45. The van der Waals surface area contributed by atoms with Crippen molar-refractivity contribution >= 4 is 6.09 Å². The Morgan fingerprint density at radius 1 is 1.09 bits per heavy atom. The van der Waals surface area contributed by atoms with Gasteiger partial charge in [0.05, 0.1) is 19.3 Å². The van der Waals surface area contributed by atoms with Crippen LogP contribution in [-0.4, -0.2) is 35.6 Å². The lowest BCUT2D eigenvalue weighted by Crippen LogP contribution is -2.52. The van der Waals surface area contributed by atoms with Gasteiger partial charge in [-0.15, -0.1) is 0 Å². The molecule has 0 aromatic heterocycles. The summed E-state index contributed by atoms with van der Waals surface area (Å²) in [5, 5.41) is 21.9. The number of amides is 1. The summed E-state index contributed by atoms with van der Waals surface area (Å²) in [5.41, 5.74) is -1.09. The fourth-order valence-corrected chi connectivity index (χ4v) is 3.37. The van der Waals surface area contributed by atoms with E-state index in [0.717, 1.165) is 17.7 Å². The first-order valence-corrected chi connectivity index (χ1v) is 12.0. The molecule has 0 radical (unpaired) electrons. The maximum Gasteiger partial charge on any atom is 0.408 e. The van der Waals surface area contributed by atoms with Crippen LogP contribution in [0.4, 0.5) is 4.79 Å². The molecule has 1 aromatic carbocycles. The van der Waals surface area contributed by atoms with E-state index < -0.39 is 23.8 Å². The number of alkyl carbamates (subject to hydrolysis) is 1. The number of aliphatic hydroxyl groups is 1. The average Bonchev–Trinajstić information content (AvgIpc) is 2.74. The van der Waals surface area contributed by atoms with Crippen LogP contribution in [0, 0.1) is 11.3 Å². The van der Waals surface area contributed by atoms with Gasteiger partial charge < -0.3 is 19.9 Å². The highest BCUT2D eigenvalue weighted by Gasteiger charge is 2.33. The van der Waals surface area contributed by atoms with Gasteiger partial charge in [-0.3, -0.25) is 0 Å². The van der Waals surface area contributed by atoms with E-state index in [9.17, 15) is 15.2 Å². The Morgan fingerprint density at radius 2 is 1.75 bits per heavy atom. The van der Waals surface area contributed by atoms with Gasteiger partial charge in [0.1, 0.15) is 11.4 Å². The summed E-state index contributed by atoms with van der Waals surface area (Å²) in [6.07, 6.45) is 10.1. The predicted molar refractivity (Wildman–Crippen MR) is 128 cm³/mol. The first-order valence-electron chi connectivity index (χ1n) is 12.0. The molecule has 0 aliphatic carbocycles. The third-order valence-corrected chi connectivity index (χ3v) is 5.23. The minimum Gasteiger partial charge on any atom is -0.494 e. The number of carbonyl (C=O) groups excluding carboxylic acids is 1. The molecule has 2 N–H and O–H groups in total. The molecule has 0 saturated carbocycles. The van der Waals surface area contributed by atoms with Crippen LogP contribution >= 0.6 is 0 Å². The fraction of sp³-hybridized carbons (Fsp3) is 0.692. The van der Waals surface area contributed by atoms with Crippen LogP contribution in [0.1, 0.15) is 91.0 Å². The Balaban J connectivity index is 2.46. The molecule has 0 saturated heterocycles. The molecule has 180 valence electrons. The van der Waals surface area contributed by atoms with E-state index in [1.54, 1.807) is 20.8 Å². The number of aryl methyl sites for hydroxylation is 1.